The maximum atomic E-state index is 13.6. The molecule has 3 rings (SSSR count). The highest BCUT2D eigenvalue weighted by molar-refractivity contribution is 7.99. The van der Waals surface area contributed by atoms with Gasteiger partial charge < -0.3 is 5.32 Å². The van der Waals surface area contributed by atoms with Gasteiger partial charge in [0.2, 0.25) is 10.0 Å². The van der Waals surface area contributed by atoms with Gasteiger partial charge in [0.25, 0.3) is 5.91 Å². The van der Waals surface area contributed by atoms with Gasteiger partial charge in [-0.25, -0.2) is 17.5 Å². The van der Waals surface area contributed by atoms with E-state index in [1.54, 1.807) is 17.8 Å². The molecule has 1 aliphatic rings. The molecule has 0 radical (unpaired) electrons. The van der Waals surface area contributed by atoms with Crippen molar-refractivity contribution >= 4 is 27.7 Å². The fourth-order valence-corrected chi connectivity index (χ4v) is 4.90. The molecule has 0 fully saturated rings. The summed E-state index contributed by atoms with van der Waals surface area (Å²) in [6.45, 7) is 3.59. The summed E-state index contributed by atoms with van der Waals surface area (Å²) in [6.07, 6.45) is 2.15. The Hall–Kier alpha value is -2.16. The number of hydrogen-bond donors (Lipinski definition) is 2. The lowest BCUT2D eigenvalue weighted by molar-refractivity contribution is 0.0934. The molecule has 0 aliphatic carbocycles. The van der Waals surface area contributed by atoms with Crippen molar-refractivity contribution in [3.63, 3.8) is 0 Å². The third kappa shape index (κ3) is 4.58. The molecule has 1 atom stereocenters. The molecule has 1 heterocycles. The van der Waals surface area contributed by atoms with Crippen LogP contribution in [0.3, 0.4) is 0 Å². The lowest BCUT2D eigenvalue weighted by atomic mass is 10.0. The van der Waals surface area contributed by atoms with Crippen LogP contribution < -0.4 is 10.0 Å². The molecule has 1 amide bonds. The number of hydrogen-bond acceptors (Lipinski definition) is 4. The number of fused-ring (bicyclic) bond motifs is 1. The summed E-state index contributed by atoms with van der Waals surface area (Å²) in [4.78, 5) is 13.6. The van der Waals surface area contributed by atoms with Crippen LogP contribution in [0, 0.1) is 5.82 Å². The van der Waals surface area contributed by atoms with Crippen molar-refractivity contribution in [3.8, 4) is 0 Å². The van der Waals surface area contributed by atoms with Crippen LogP contribution in [0.2, 0.25) is 0 Å². The first-order valence-electron chi connectivity index (χ1n) is 8.34. The van der Waals surface area contributed by atoms with E-state index in [-0.39, 0.29) is 29.2 Å². The number of carbonyl (C=O) groups is 1. The molecule has 5 nitrogen and oxygen atoms in total. The third-order valence-corrected chi connectivity index (χ3v) is 6.72. The third-order valence-electron chi connectivity index (χ3n) is 4.16. The van der Waals surface area contributed by atoms with Crippen molar-refractivity contribution < 1.29 is 17.6 Å². The van der Waals surface area contributed by atoms with Crippen LogP contribution in [0.4, 0.5) is 4.39 Å². The quantitative estimate of drug-likeness (QED) is 0.722. The SMILES string of the molecule is C=CCNS(=O)(=O)c1ccc(C(=O)NC2CCSc3ccc(F)cc32)cc1. The number of thioether (sulfide) groups is 1. The number of benzene rings is 2. The Morgan fingerprint density at radius 1 is 1.26 bits per heavy atom. The summed E-state index contributed by atoms with van der Waals surface area (Å²) >= 11 is 1.64. The molecule has 142 valence electrons. The minimum atomic E-state index is -3.63. The van der Waals surface area contributed by atoms with Crippen LogP contribution in [-0.4, -0.2) is 26.6 Å². The molecule has 8 heteroatoms. The second kappa shape index (κ2) is 8.24. The zero-order chi connectivity index (χ0) is 19.4. The average Bonchev–Trinajstić information content (AvgIpc) is 2.67. The molecule has 1 unspecified atom stereocenters. The fraction of sp³-hybridized carbons (Fsp3) is 0.211. The van der Waals surface area contributed by atoms with Crippen LogP contribution >= 0.6 is 11.8 Å². The normalized spacial score (nSPS) is 16.4. The summed E-state index contributed by atoms with van der Waals surface area (Å²) in [5.41, 5.74) is 1.11. The topological polar surface area (TPSA) is 75.3 Å². The maximum absolute atomic E-state index is 13.6. The molecular weight excluding hydrogens is 387 g/mol. The monoisotopic (exact) mass is 406 g/mol. The van der Waals surface area contributed by atoms with E-state index in [9.17, 15) is 17.6 Å². The Bertz CT molecular complexity index is 959. The molecule has 0 spiro atoms. The predicted octanol–water partition coefficient (Wildman–Crippen LogP) is 3.26. The Kier molecular flexibility index (Phi) is 5.98. The van der Waals surface area contributed by atoms with Gasteiger partial charge in [0.15, 0.2) is 0 Å². The Morgan fingerprint density at radius 3 is 2.70 bits per heavy atom. The standard InChI is InChI=1S/C19H19FN2O3S2/c1-2-10-21-27(24,25)15-6-3-13(4-7-15)19(23)22-17-9-11-26-18-8-5-14(20)12-16(17)18/h2-8,12,17,21H,1,9-11H2,(H,22,23). The molecular formula is C19H19FN2O3S2. The van der Waals surface area contributed by atoms with E-state index in [0.29, 0.717) is 12.0 Å². The minimum absolute atomic E-state index is 0.0717. The molecule has 2 aromatic rings. The average molecular weight is 407 g/mol. The number of rotatable bonds is 6. The van der Waals surface area contributed by atoms with Crippen LogP contribution in [0.15, 0.2) is 64.9 Å². The van der Waals surface area contributed by atoms with Crippen molar-refractivity contribution in [2.45, 2.75) is 22.3 Å². The van der Waals surface area contributed by atoms with Crippen molar-refractivity contribution in [2.24, 2.45) is 0 Å². The second-order valence-corrected chi connectivity index (χ2v) is 8.91. The largest absolute Gasteiger partial charge is 0.345 e. The lowest BCUT2D eigenvalue weighted by Crippen LogP contribution is -2.30. The summed E-state index contributed by atoms with van der Waals surface area (Å²) in [7, 11) is -3.63. The van der Waals surface area contributed by atoms with Gasteiger partial charge in [0.05, 0.1) is 10.9 Å². The zero-order valence-electron chi connectivity index (χ0n) is 14.4. The summed E-state index contributed by atoms with van der Waals surface area (Å²) < 4.78 is 40.1. The van der Waals surface area contributed by atoms with Crippen molar-refractivity contribution in [1.82, 2.24) is 10.0 Å². The van der Waals surface area contributed by atoms with Gasteiger partial charge in [-0.15, -0.1) is 18.3 Å². The van der Waals surface area contributed by atoms with Crippen LogP contribution in [-0.2, 0) is 10.0 Å². The first-order chi connectivity index (χ1) is 12.9. The highest BCUT2D eigenvalue weighted by Gasteiger charge is 2.23. The van der Waals surface area contributed by atoms with Gasteiger partial charge in [-0.2, -0.15) is 0 Å². The molecule has 2 N–H and O–H groups in total. The van der Waals surface area contributed by atoms with Crippen molar-refractivity contribution in [1.29, 1.82) is 0 Å². The van der Waals surface area contributed by atoms with E-state index in [0.717, 1.165) is 16.2 Å². The molecule has 0 bridgehead atoms. The fourth-order valence-electron chi connectivity index (χ4n) is 2.79. The second-order valence-electron chi connectivity index (χ2n) is 6.01. The van der Waals surface area contributed by atoms with Gasteiger partial charge in [-0.05, 0) is 54.4 Å². The molecule has 0 saturated heterocycles. The number of amides is 1. The summed E-state index contributed by atoms with van der Waals surface area (Å²) in [5.74, 6) is 0.164. The number of halogens is 1. The summed E-state index contributed by atoms with van der Waals surface area (Å²) in [6, 6.07) is 9.99. The first-order valence-corrected chi connectivity index (χ1v) is 10.8. The van der Waals surface area contributed by atoms with Crippen LogP contribution in [0.25, 0.3) is 0 Å². The number of sulfonamides is 1. The lowest BCUT2D eigenvalue weighted by Gasteiger charge is -2.26. The Labute approximate surface area is 162 Å². The zero-order valence-corrected chi connectivity index (χ0v) is 16.1. The molecule has 0 saturated carbocycles. The number of carbonyl (C=O) groups excluding carboxylic acids is 1. The van der Waals surface area contributed by atoms with Crippen LogP contribution in [0.5, 0.6) is 0 Å². The highest BCUT2D eigenvalue weighted by Crippen LogP contribution is 2.36. The molecule has 0 aromatic heterocycles. The molecule has 2 aromatic carbocycles. The molecule has 27 heavy (non-hydrogen) atoms. The smallest absolute Gasteiger partial charge is 0.251 e. The van der Waals surface area contributed by atoms with Crippen molar-refractivity contribution in [2.75, 3.05) is 12.3 Å². The van der Waals surface area contributed by atoms with E-state index < -0.39 is 10.0 Å². The van der Waals surface area contributed by atoms with E-state index in [4.69, 9.17) is 0 Å². The Morgan fingerprint density at radius 2 is 2.00 bits per heavy atom. The predicted molar refractivity (Wildman–Crippen MR) is 104 cm³/mol. The van der Waals surface area contributed by atoms with Gasteiger partial charge >= 0.3 is 0 Å². The number of nitrogens with one attached hydrogen (secondary N) is 2. The minimum Gasteiger partial charge on any atom is -0.345 e. The van der Waals surface area contributed by atoms with E-state index in [1.165, 1.54) is 42.5 Å². The summed E-state index contributed by atoms with van der Waals surface area (Å²) in [5, 5.41) is 2.91. The van der Waals surface area contributed by atoms with Gasteiger partial charge in [0.1, 0.15) is 5.82 Å². The van der Waals surface area contributed by atoms with E-state index >= 15 is 0 Å². The first kappa shape index (κ1) is 19.6. The van der Waals surface area contributed by atoms with Gasteiger partial charge in [-0.1, -0.05) is 6.08 Å². The molecule has 1 aliphatic heterocycles. The maximum Gasteiger partial charge on any atom is 0.251 e. The van der Waals surface area contributed by atoms with E-state index in [1.807, 2.05) is 0 Å². The van der Waals surface area contributed by atoms with E-state index in [2.05, 4.69) is 16.6 Å². The van der Waals surface area contributed by atoms with Gasteiger partial charge in [-0.3, -0.25) is 4.79 Å². The Balaban J connectivity index is 1.74. The highest BCUT2D eigenvalue weighted by atomic mass is 32.2. The van der Waals surface area contributed by atoms with Crippen molar-refractivity contribution in [3.05, 3.63) is 72.1 Å². The van der Waals surface area contributed by atoms with Crippen LogP contribution in [0.1, 0.15) is 28.4 Å². The van der Waals surface area contributed by atoms with Gasteiger partial charge in [0, 0.05) is 22.8 Å².